The van der Waals surface area contributed by atoms with Crippen molar-refractivity contribution in [1.82, 2.24) is 15.0 Å². The van der Waals surface area contributed by atoms with Crippen LogP contribution in [0.3, 0.4) is 0 Å². The van der Waals surface area contributed by atoms with Crippen LogP contribution in [0.25, 0.3) is 0 Å². The molecule has 136 valence electrons. The number of β-amino-alcohol motifs (C(OH)–C–C–N with tert-alkyl or cyclic N) is 1. The minimum atomic E-state index is -1.07. The average molecular weight is 339 g/mol. The average Bonchev–Trinajstić information content (AvgIpc) is 2.84. The van der Waals surface area contributed by atoms with Gasteiger partial charge in [-0.15, -0.1) is 0 Å². The summed E-state index contributed by atoms with van der Waals surface area (Å²) in [4.78, 5) is 18.2. The van der Waals surface area contributed by atoms with Crippen molar-refractivity contribution in [2.75, 3.05) is 13.1 Å². The molecule has 0 spiro atoms. The van der Waals surface area contributed by atoms with E-state index in [1.807, 2.05) is 41.5 Å². The third-order valence-electron chi connectivity index (χ3n) is 3.83. The predicted molar refractivity (Wildman–Crippen MR) is 88.7 cm³/mol. The van der Waals surface area contributed by atoms with E-state index in [1.54, 1.807) is 4.90 Å². The summed E-state index contributed by atoms with van der Waals surface area (Å²) in [7, 11) is 0. The van der Waals surface area contributed by atoms with Crippen molar-refractivity contribution in [2.45, 2.75) is 77.4 Å². The molecule has 1 aliphatic rings. The smallest absolute Gasteiger partial charge is 0.410 e. The molecule has 2 rings (SSSR count). The molecular weight excluding hydrogens is 310 g/mol. The van der Waals surface area contributed by atoms with Gasteiger partial charge in [-0.1, -0.05) is 25.9 Å². The van der Waals surface area contributed by atoms with Gasteiger partial charge in [0, 0.05) is 12.0 Å². The van der Waals surface area contributed by atoms with Crippen molar-refractivity contribution in [3.8, 4) is 0 Å². The van der Waals surface area contributed by atoms with Crippen molar-refractivity contribution in [3.63, 3.8) is 0 Å². The zero-order valence-electron chi connectivity index (χ0n) is 15.5. The Morgan fingerprint density at radius 3 is 2.54 bits per heavy atom. The summed E-state index contributed by atoms with van der Waals surface area (Å²) in [6, 6.07) is 0. The standard InChI is InChI=1S/C17H29N3O4/c1-15(2,3)13-18-12(24-19-13)10-17(22)8-7-9-20(11-17)14(21)23-16(4,5)6/h22H,7-11H2,1-6H3/t17-/m0/s1. The molecule has 0 bridgehead atoms. The normalized spacial score (nSPS) is 22.5. The van der Waals surface area contributed by atoms with Crippen molar-refractivity contribution < 1.29 is 19.2 Å². The topological polar surface area (TPSA) is 88.7 Å². The highest BCUT2D eigenvalue weighted by atomic mass is 16.6. The number of amides is 1. The molecule has 0 unspecified atom stereocenters. The van der Waals surface area contributed by atoms with Gasteiger partial charge in [0.1, 0.15) is 5.60 Å². The fraction of sp³-hybridized carbons (Fsp3) is 0.824. The number of hydrogen-bond acceptors (Lipinski definition) is 6. The van der Waals surface area contributed by atoms with Crippen LogP contribution in [-0.2, 0) is 16.6 Å². The Balaban J connectivity index is 2.04. The number of carbonyl (C=O) groups is 1. The van der Waals surface area contributed by atoms with Gasteiger partial charge in [0.25, 0.3) is 0 Å². The summed E-state index contributed by atoms with van der Waals surface area (Å²) in [6.07, 6.45) is 1.12. The number of aliphatic hydroxyl groups is 1. The number of carbonyl (C=O) groups excluding carboxylic acids is 1. The van der Waals surface area contributed by atoms with E-state index < -0.39 is 17.3 Å². The minimum Gasteiger partial charge on any atom is -0.444 e. The van der Waals surface area contributed by atoms with Crippen LogP contribution in [0.4, 0.5) is 4.79 Å². The molecule has 0 aromatic carbocycles. The molecule has 1 saturated heterocycles. The quantitative estimate of drug-likeness (QED) is 0.891. The molecule has 1 fully saturated rings. The maximum Gasteiger partial charge on any atom is 0.410 e. The molecule has 1 atom stereocenters. The zero-order valence-corrected chi connectivity index (χ0v) is 15.5. The summed E-state index contributed by atoms with van der Waals surface area (Å²) in [6.45, 7) is 12.3. The van der Waals surface area contributed by atoms with Crippen LogP contribution in [0.2, 0.25) is 0 Å². The van der Waals surface area contributed by atoms with Crippen molar-refractivity contribution in [1.29, 1.82) is 0 Å². The molecule has 0 saturated carbocycles. The van der Waals surface area contributed by atoms with Crippen molar-refractivity contribution in [2.24, 2.45) is 0 Å². The lowest BCUT2D eigenvalue weighted by Gasteiger charge is -2.39. The molecule has 2 heterocycles. The lowest BCUT2D eigenvalue weighted by molar-refractivity contribution is -0.0458. The molecule has 7 nitrogen and oxygen atoms in total. The number of ether oxygens (including phenoxy) is 1. The number of piperidine rings is 1. The first-order valence-electron chi connectivity index (χ1n) is 8.41. The second-order valence-electron chi connectivity index (χ2n) is 8.67. The van der Waals surface area contributed by atoms with E-state index >= 15 is 0 Å². The second kappa shape index (κ2) is 6.35. The number of hydrogen-bond donors (Lipinski definition) is 1. The van der Waals surface area contributed by atoms with Crippen LogP contribution in [-0.4, -0.2) is 50.5 Å². The maximum absolute atomic E-state index is 12.2. The van der Waals surface area contributed by atoms with Crippen LogP contribution in [0.5, 0.6) is 0 Å². The molecule has 1 aliphatic heterocycles. The number of rotatable bonds is 2. The van der Waals surface area contributed by atoms with E-state index in [9.17, 15) is 9.90 Å². The van der Waals surface area contributed by atoms with Crippen LogP contribution in [0.1, 0.15) is 66.1 Å². The third-order valence-corrected chi connectivity index (χ3v) is 3.83. The van der Waals surface area contributed by atoms with E-state index in [-0.39, 0.29) is 18.4 Å². The van der Waals surface area contributed by atoms with Gasteiger partial charge in [-0.3, -0.25) is 0 Å². The Kier molecular flexibility index (Phi) is 4.95. The number of likely N-dealkylation sites (tertiary alicyclic amines) is 1. The largest absolute Gasteiger partial charge is 0.444 e. The van der Waals surface area contributed by atoms with E-state index in [4.69, 9.17) is 9.26 Å². The lowest BCUT2D eigenvalue weighted by Crippen LogP contribution is -2.52. The highest BCUT2D eigenvalue weighted by Gasteiger charge is 2.38. The van der Waals surface area contributed by atoms with Crippen LogP contribution >= 0.6 is 0 Å². The first-order chi connectivity index (χ1) is 10.9. The summed E-state index contributed by atoms with van der Waals surface area (Å²) >= 11 is 0. The monoisotopic (exact) mass is 339 g/mol. The van der Waals surface area contributed by atoms with E-state index in [1.165, 1.54) is 0 Å². The second-order valence-corrected chi connectivity index (χ2v) is 8.67. The Labute approximate surface area is 143 Å². The molecule has 1 amide bonds. The van der Waals surface area contributed by atoms with E-state index in [0.717, 1.165) is 0 Å². The predicted octanol–water partition coefficient (Wildman–Crippen LogP) is 2.67. The van der Waals surface area contributed by atoms with Crippen molar-refractivity contribution >= 4 is 6.09 Å². The lowest BCUT2D eigenvalue weighted by atomic mass is 9.89. The van der Waals surface area contributed by atoms with Gasteiger partial charge in [0.15, 0.2) is 5.82 Å². The Bertz CT molecular complexity index is 585. The minimum absolute atomic E-state index is 0.204. The first-order valence-corrected chi connectivity index (χ1v) is 8.41. The van der Waals surface area contributed by atoms with Gasteiger partial charge in [0.05, 0.1) is 18.6 Å². The summed E-state index contributed by atoms with van der Waals surface area (Å²) in [5.74, 6) is 1.01. The van der Waals surface area contributed by atoms with Gasteiger partial charge in [-0.05, 0) is 33.6 Å². The highest BCUT2D eigenvalue weighted by Crippen LogP contribution is 2.27. The Hall–Kier alpha value is -1.63. The van der Waals surface area contributed by atoms with Gasteiger partial charge in [-0.25, -0.2) is 4.79 Å². The molecular formula is C17H29N3O4. The van der Waals surface area contributed by atoms with Gasteiger partial charge >= 0.3 is 6.09 Å². The number of nitrogens with zero attached hydrogens (tertiary/aromatic N) is 3. The molecule has 1 aromatic heterocycles. The van der Waals surface area contributed by atoms with Gasteiger partial charge in [0.2, 0.25) is 5.89 Å². The maximum atomic E-state index is 12.2. The summed E-state index contributed by atoms with van der Waals surface area (Å²) in [5, 5.41) is 14.9. The van der Waals surface area contributed by atoms with Crippen molar-refractivity contribution in [3.05, 3.63) is 11.7 Å². The van der Waals surface area contributed by atoms with Crippen LogP contribution < -0.4 is 0 Å². The SMILES string of the molecule is CC(C)(C)OC(=O)N1CCC[C@](O)(Cc2nc(C(C)(C)C)no2)C1. The van der Waals surface area contributed by atoms with Gasteiger partial charge in [-0.2, -0.15) is 4.98 Å². The van der Waals surface area contributed by atoms with E-state index in [0.29, 0.717) is 31.1 Å². The molecule has 7 heteroatoms. The van der Waals surface area contributed by atoms with Crippen LogP contribution in [0, 0.1) is 0 Å². The van der Waals surface area contributed by atoms with Crippen LogP contribution in [0.15, 0.2) is 4.52 Å². The Morgan fingerprint density at radius 1 is 1.33 bits per heavy atom. The molecule has 0 aliphatic carbocycles. The molecule has 1 N–H and O–H groups in total. The Morgan fingerprint density at radius 2 is 2.00 bits per heavy atom. The highest BCUT2D eigenvalue weighted by molar-refractivity contribution is 5.68. The first kappa shape index (κ1) is 18.7. The fourth-order valence-electron chi connectivity index (χ4n) is 2.65. The number of aromatic nitrogens is 2. The van der Waals surface area contributed by atoms with Gasteiger partial charge < -0.3 is 19.3 Å². The van der Waals surface area contributed by atoms with E-state index in [2.05, 4.69) is 10.1 Å². The zero-order chi connectivity index (χ0) is 18.2. The summed E-state index contributed by atoms with van der Waals surface area (Å²) in [5.41, 5.74) is -1.84. The summed E-state index contributed by atoms with van der Waals surface area (Å²) < 4.78 is 10.7. The fourth-order valence-corrected chi connectivity index (χ4v) is 2.65. The molecule has 1 aromatic rings. The third kappa shape index (κ3) is 4.93. The molecule has 24 heavy (non-hydrogen) atoms. The molecule has 0 radical (unpaired) electrons.